The molecule has 0 saturated carbocycles. The van der Waals surface area contributed by atoms with Gasteiger partial charge in [0.1, 0.15) is 0 Å². The summed E-state index contributed by atoms with van der Waals surface area (Å²) < 4.78 is 4.81. The highest BCUT2D eigenvalue weighted by Crippen LogP contribution is 2.10. The van der Waals surface area contributed by atoms with Crippen LogP contribution in [-0.4, -0.2) is 43.6 Å². The number of pyridine rings is 1. The average Bonchev–Trinajstić information content (AvgIpc) is 2.38. The van der Waals surface area contributed by atoms with Crippen molar-refractivity contribution in [1.29, 1.82) is 0 Å². The van der Waals surface area contributed by atoms with E-state index >= 15 is 0 Å². The number of rotatable bonds is 7. The molecular weight excluding hydrogens is 260 g/mol. The van der Waals surface area contributed by atoms with Gasteiger partial charge in [0.15, 0.2) is 0 Å². The molecule has 7 heteroatoms. The van der Waals surface area contributed by atoms with Gasteiger partial charge in [0, 0.05) is 44.2 Å². The number of ether oxygens (including phenoxy) is 1. The van der Waals surface area contributed by atoms with Crippen molar-refractivity contribution in [2.45, 2.75) is 13.3 Å². The molecule has 2 amide bonds. The predicted octanol–water partition coefficient (Wildman–Crippen LogP) is -0.145. The number of aryl methyl sites for hydroxylation is 1. The lowest BCUT2D eigenvalue weighted by molar-refractivity contribution is -0.121. The number of nitrogens with zero attached hydrogens (tertiary/aromatic N) is 1. The molecule has 0 radical (unpaired) electrons. The molecule has 0 aliphatic carbocycles. The Morgan fingerprint density at radius 1 is 1.35 bits per heavy atom. The monoisotopic (exact) mass is 280 g/mol. The summed E-state index contributed by atoms with van der Waals surface area (Å²) in [7, 11) is 1.56. The zero-order valence-electron chi connectivity index (χ0n) is 11.7. The Labute approximate surface area is 117 Å². The summed E-state index contributed by atoms with van der Waals surface area (Å²) in [6, 6.07) is 1.63. The summed E-state index contributed by atoms with van der Waals surface area (Å²) in [5.41, 5.74) is 7.18. The zero-order chi connectivity index (χ0) is 15.0. The molecule has 0 aliphatic rings. The van der Waals surface area contributed by atoms with Gasteiger partial charge < -0.3 is 21.1 Å². The summed E-state index contributed by atoms with van der Waals surface area (Å²) >= 11 is 0. The van der Waals surface area contributed by atoms with E-state index in [9.17, 15) is 9.59 Å². The lowest BCUT2D eigenvalue weighted by atomic mass is 10.2. The number of hydrogen-bond acceptors (Lipinski definition) is 5. The molecule has 110 valence electrons. The fraction of sp³-hybridized carbons (Fsp3) is 0.462. The number of carbonyl (C=O) groups excluding carboxylic acids is 2. The van der Waals surface area contributed by atoms with Crippen LogP contribution in [0.1, 0.15) is 22.5 Å². The maximum atomic E-state index is 11.8. The maximum Gasteiger partial charge on any atom is 0.254 e. The van der Waals surface area contributed by atoms with E-state index in [4.69, 9.17) is 10.5 Å². The lowest BCUT2D eigenvalue weighted by Crippen LogP contribution is -2.32. The average molecular weight is 280 g/mol. The third-order valence-electron chi connectivity index (χ3n) is 2.58. The SMILES string of the molecule is COCCNC(=O)CCNC(=O)c1cnc(C)cc1N. The van der Waals surface area contributed by atoms with Crippen LogP contribution in [0.25, 0.3) is 0 Å². The molecular formula is C13H20N4O3. The van der Waals surface area contributed by atoms with Gasteiger partial charge in [0.25, 0.3) is 5.91 Å². The molecule has 0 aromatic carbocycles. The van der Waals surface area contributed by atoms with Crippen LogP contribution >= 0.6 is 0 Å². The van der Waals surface area contributed by atoms with Crippen molar-refractivity contribution in [2.75, 3.05) is 32.5 Å². The molecule has 20 heavy (non-hydrogen) atoms. The van der Waals surface area contributed by atoms with Crippen molar-refractivity contribution < 1.29 is 14.3 Å². The number of nitrogen functional groups attached to an aromatic ring is 1. The van der Waals surface area contributed by atoms with Gasteiger partial charge in [-0.05, 0) is 13.0 Å². The van der Waals surface area contributed by atoms with Gasteiger partial charge in [-0.15, -0.1) is 0 Å². The number of carbonyl (C=O) groups is 2. The highest BCUT2D eigenvalue weighted by atomic mass is 16.5. The van der Waals surface area contributed by atoms with Gasteiger partial charge in [0.2, 0.25) is 5.91 Å². The van der Waals surface area contributed by atoms with E-state index < -0.39 is 0 Å². The molecule has 0 saturated heterocycles. The first-order valence-electron chi connectivity index (χ1n) is 6.30. The van der Waals surface area contributed by atoms with Crippen molar-refractivity contribution in [3.05, 3.63) is 23.5 Å². The standard InChI is InChI=1S/C13H20N4O3/c1-9-7-11(14)10(8-17-9)13(19)16-4-3-12(18)15-5-6-20-2/h7-8H,3-6H2,1-2H3,(H2,14,17)(H,15,18)(H,16,19). The molecule has 7 nitrogen and oxygen atoms in total. The minimum absolute atomic E-state index is 0.141. The Morgan fingerprint density at radius 3 is 2.75 bits per heavy atom. The van der Waals surface area contributed by atoms with Crippen molar-refractivity contribution in [2.24, 2.45) is 0 Å². The quantitative estimate of drug-likeness (QED) is 0.602. The van der Waals surface area contributed by atoms with Crippen LogP contribution in [0.5, 0.6) is 0 Å². The van der Waals surface area contributed by atoms with Crippen molar-refractivity contribution in [3.8, 4) is 0 Å². The molecule has 0 spiro atoms. The van der Waals surface area contributed by atoms with E-state index in [0.717, 1.165) is 5.69 Å². The van der Waals surface area contributed by atoms with E-state index in [2.05, 4.69) is 15.6 Å². The molecule has 0 fully saturated rings. The first-order chi connectivity index (χ1) is 9.54. The van der Waals surface area contributed by atoms with Crippen LogP contribution in [0, 0.1) is 6.92 Å². The van der Waals surface area contributed by atoms with Crippen LogP contribution in [0.2, 0.25) is 0 Å². The molecule has 0 bridgehead atoms. The van der Waals surface area contributed by atoms with E-state index in [1.165, 1.54) is 6.20 Å². The van der Waals surface area contributed by atoms with Crippen LogP contribution in [-0.2, 0) is 9.53 Å². The lowest BCUT2D eigenvalue weighted by Gasteiger charge is -2.08. The first kappa shape index (κ1) is 15.9. The third kappa shape index (κ3) is 5.23. The first-order valence-corrected chi connectivity index (χ1v) is 6.30. The molecule has 0 unspecified atom stereocenters. The van der Waals surface area contributed by atoms with Gasteiger partial charge in [-0.2, -0.15) is 0 Å². The molecule has 1 rings (SSSR count). The number of nitrogens with two attached hydrogens (primary N) is 1. The minimum atomic E-state index is -0.334. The van der Waals surface area contributed by atoms with Crippen LogP contribution in [0.3, 0.4) is 0 Å². The Kier molecular flexibility index (Phi) is 6.45. The second kappa shape index (κ2) is 8.11. The summed E-state index contributed by atoms with van der Waals surface area (Å²) in [5, 5.41) is 5.29. The molecule has 1 aromatic heterocycles. The highest BCUT2D eigenvalue weighted by Gasteiger charge is 2.10. The number of anilines is 1. The smallest absolute Gasteiger partial charge is 0.254 e. The summed E-state index contributed by atoms with van der Waals surface area (Å²) in [4.78, 5) is 27.2. The van der Waals surface area contributed by atoms with Crippen molar-refractivity contribution >= 4 is 17.5 Å². The summed E-state index contributed by atoms with van der Waals surface area (Å²) in [6.07, 6.45) is 1.63. The topological polar surface area (TPSA) is 106 Å². The predicted molar refractivity (Wildman–Crippen MR) is 75.2 cm³/mol. The number of nitrogens with one attached hydrogen (secondary N) is 2. The van der Waals surface area contributed by atoms with Gasteiger partial charge >= 0.3 is 0 Å². The van der Waals surface area contributed by atoms with Gasteiger partial charge in [-0.1, -0.05) is 0 Å². The Hall–Kier alpha value is -2.15. The van der Waals surface area contributed by atoms with E-state index in [1.807, 2.05) is 0 Å². The highest BCUT2D eigenvalue weighted by molar-refractivity contribution is 5.98. The van der Waals surface area contributed by atoms with E-state index in [1.54, 1.807) is 20.1 Å². The second-order valence-electron chi connectivity index (χ2n) is 4.26. The van der Waals surface area contributed by atoms with Gasteiger partial charge in [0.05, 0.1) is 12.2 Å². The number of aromatic nitrogens is 1. The Balaban J connectivity index is 2.34. The van der Waals surface area contributed by atoms with Crippen LogP contribution < -0.4 is 16.4 Å². The fourth-order valence-electron chi connectivity index (χ4n) is 1.54. The molecule has 0 atom stereocenters. The number of methoxy groups -OCH3 is 1. The zero-order valence-corrected chi connectivity index (χ0v) is 11.7. The van der Waals surface area contributed by atoms with E-state index in [-0.39, 0.29) is 24.8 Å². The molecule has 4 N–H and O–H groups in total. The molecule has 0 aliphatic heterocycles. The Morgan fingerprint density at radius 2 is 2.10 bits per heavy atom. The second-order valence-corrected chi connectivity index (χ2v) is 4.26. The van der Waals surface area contributed by atoms with Crippen LogP contribution in [0.4, 0.5) is 5.69 Å². The van der Waals surface area contributed by atoms with Gasteiger partial charge in [-0.25, -0.2) is 0 Å². The molecule has 1 aromatic rings. The Bertz CT molecular complexity index is 477. The van der Waals surface area contributed by atoms with Crippen LogP contribution in [0.15, 0.2) is 12.3 Å². The normalized spacial score (nSPS) is 10.1. The van der Waals surface area contributed by atoms with E-state index in [0.29, 0.717) is 24.4 Å². The summed E-state index contributed by atoms with van der Waals surface area (Å²) in [6.45, 7) is 2.95. The molecule has 1 heterocycles. The van der Waals surface area contributed by atoms with Crippen molar-refractivity contribution in [3.63, 3.8) is 0 Å². The van der Waals surface area contributed by atoms with Gasteiger partial charge in [-0.3, -0.25) is 14.6 Å². The summed E-state index contributed by atoms with van der Waals surface area (Å²) in [5.74, 6) is -0.475. The third-order valence-corrected chi connectivity index (χ3v) is 2.58. The largest absolute Gasteiger partial charge is 0.398 e. The fourth-order valence-corrected chi connectivity index (χ4v) is 1.54. The number of hydrogen-bond donors (Lipinski definition) is 3. The maximum absolute atomic E-state index is 11.8. The number of amides is 2. The van der Waals surface area contributed by atoms with Crippen molar-refractivity contribution in [1.82, 2.24) is 15.6 Å². The minimum Gasteiger partial charge on any atom is -0.398 e.